The summed E-state index contributed by atoms with van der Waals surface area (Å²) in [6.45, 7) is 1.61. The number of halogens is 3. The maximum Gasteiger partial charge on any atom is 0.267 e. The fraction of sp³-hybridized carbons (Fsp3) is 0.375. The molecule has 0 radical (unpaired) electrons. The van der Waals surface area contributed by atoms with E-state index in [1.54, 1.807) is 0 Å². The summed E-state index contributed by atoms with van der Waals surface area (Å²) in [7, 11) is 0. The molecule has 2 nitrogen and oxygen atoms in total. The number of aromatic nitrogens is 1. The van der Waals surface area contributed by atoms with Crippen LogP contribution < -0.4 is 5.73 Å². The zero-order chi connectivity index (χ0) is 10.0. The maximum atomic E-state index is 12.4. The van der Waals surface area contributed by atoms with E-state index in [1.807, 2.05) is 0 Å². The van der Waals surface area contributed by atoms with Gasteiger partial charge in [0.1, 0.15) is 0 Å². The number of hydrogen-bond acceptors (Lipinski definition) is 2. The normalized spacial score (nSPS) is 10.9. The fourth-order valence-corrected chi connectivity index (χ4v) is 1.37. The molecule has 0 saturated carbocycles. The molecule has 1 aromatic heterocycles. The van der Waals surface area contributed by atoms with Gasteiger partial charge in [0.15, 0.2) is 0 Å². The van der Waals surface area contributed by atoms with Crippen LogP contribution in [-0.2, 0) is 6.54 Å². The third-order valence-corrected chi connectivity index (χ3v) is 2.21. The number of pyridine rings is 1. The molecule has 2 N–H and O–H groups in total. The summed E-state index contributed by atoms with van der Waals surface area (Å²) >= 11 is 5.71. The molecule has 1 aromatic rings. The van der Waals surface area contributed by atoms with Crippen LogP contribution in [0.15, 0.2) is 6.20 Å². The topological polar surface area (TPSA) is 38.9 Å². The van der Waals surface area contributed by atoms with Gasteiger partial charge in [-0.05, 0) is 6.92 Å². The van der Waals surface area contributed by atoms with Gasteiger partial charge in [-0.15, -0.1) is 0 Å². The smallest absolute Gasteiger partial charge is 0.267 e. The third kappa shape index (κ3) is 1.95. The molecule has 72 valence electrons. The lowest BCUT2D eigenvalue weighted by molar-refractivity contribution is 0.150. The zero-order valence-corrected chi connectivity index (χ0v) is 7.78. The van der Waals surface area contributed by atoms with Gasteiger partial charge in [-0.1, -0.05) is 11.6 Å². The van der Waals surface area contributed by atoms with Crippen molar-refractivity contribution in [1.29, 1.82) is 0 Å². The maximum absolute atomic E-state index is 12.4. The van der Waals surface area contributed by atoms with Crippen molar-refractivity contribution in [2.75, 3.05) is 0 Å². The predicted molar refractivity (Wildman–Crippen MR) is 46.8 cm³/mol. The molecule has 1 rings (SSSR count). The van der Waals surface area contributed by atoms with E-state index in [9.17, 15) is 8.78 Å². The average molecular weight is 207 g/mol. The van der Waals surface area contributed by atoms with E-state index in [1.165, 1.54) is 13.1 Å². The number of rotatable bonds is 2. The Morgan fingerprint density at radius 2 is 2.23 bits per heavy atom. The van der Waals surface area contributed by atoms with Crippen LogP contribution in [0, 0.1) is 6.92 Å². The van der Waals surface area contributed by atoms with E-state index < -0.39 is 6.43 Å². The van der Waals surface area contributed by atoms with E-state index in [0.717, 1.165) is 0 Å². The molecule has 0 aliphatic carbocycles. The molecular weight excluding hydrogens is 198 g/mol. The van der Waals surface area contributed by atoms with Crippen LogP contribution in [0.2, 0.25) is 5.02 Å². The van der Waals surface area contributed by atoms with Crippen molar-refractivity contribution in [3.63, 3.8) is 0 Å². The summed E-state index contributed by atoms with van der Waals surface area (Å²) in [6.07, 6.45) is -1.18. The van der Waals surface area contributed by atoms with Crippen LogP contribution in [0.3, 0.4) is 0 Å². The Kier molecular flexibility index (Phi) is 3.17. The number of hydrogen-bond donors (Lipinski definition) is 1. The van der Waals surface area contributed by atoms with Crippen molar-refractivity contribution in [1.82, 2.24) is 4.98 Å². The first kappa shape index (κ1) is 10.3. The largest absolute Gasteiger partial charge is 0.326 e. The minimum atomic E-state index is -2.61. The van der Waals surface area contributed by atoms with Crippen LogP contribution in [0.1, 0.15) is 23.2 Å². The minimum absolute atomic E-state index is 0.0324. The van der Waals surface area contributed by atoms with Gasteiger partial charge >= 0.3 is 0 Å². The Balaban J connectivity index is 3.30. The van der Waals surface area contributed by atoms with Crippen molar-refractivity contribution < 1.29 is 8.78 Å². The van der Waals surface area contributed by atoms with Gasteiger partial charge in [-0.3, -0.25) is 4.98 Å². The second kappa shape index (κ2) is 3.98. The summed E-state index contributed by atoms with van der Waals surface area (Å²) in [5.74, 6) is 0. The minimum Gasteiger partial charge on any atom is -0.326 e. The van der Waals surface area contributed by atoms with Gasteiger partial charge < -0.3 is 5.73 Å². The van der Waals surface area contributed by atoms with E-state index in [0.29, 0.717) is 5.56 Å². The molecule has 0 spiro atoms. The number of nitrogens with two attached hydrogens (primary N) is 1. The molecule has 0 bridgehead atoms. The number of aryl methyl sites for hydroxylation is 1. The molecule has 0 aliphatic rings. The lowest BCUT2D eigenvalue weighted by atomic mass is 10.1. The highest BCUT2D eigenvalue weighted by molar-refractivity contribution is 6.32. The van der Waals surface area contributed by atoms with Crippen LogP contribution in [0.25, 0.3) is 0 Å². The molecule has 0 amide bonds. The standard InChI is InChI=1S/C8H9ClF2N2/c1-4-6(8(10)11)7(9)5(2-12)3-13-4/h3,8H,2,12H2,1H3. The zero-order valence-electron chi connectivity index (χ0n) is 7.02. The van der Waals surface area contributed by atoms with Crippen molar-refractivity contribution in [2.45, 2.75) is 19.9 Å². The molecule has 13 heavy (non-hydrogen) atoms. The Labute approximate surface area is 79.7 Å². The molecule has 0 atom stereocenters. The fourth-order valence-electron chi connectivity index (χ4n) is 1.03. The van der Waals surface area contributed by atoms with Gasteiger partial charge in [0.2, 0.25) is 0 Å². The molecule has 5 heteroatoms. The third-order valence-electron chi connectivity index (χ3n) is 1.76. The molecule has 0 aromatic carbocycles. The van der Waals surface area contributed by atoms with Crippen molar-refractivity contribution >= 4 is 11.6 Å². The van der Waals surface area contributed by atoms with Crippen molar-refractivity contribution in [2.24, 2.45) is 5.73 Å². The first-order valence-electron chi connectivity index (χ1n) is 3.70. The monoisotopic (exact) mass is 206 g/mol. The summed E-state index contributed by atoms with van der Waals surface area (Å²) < 4.78 is 24.9. The molecule has 0 fully saturated rings. The highest BCUT2D eigenvalue weighted by Crippen LogP contribution is 2.31. The second-order valence-corrected chi connectivity index (χ2v) is 2.98. The van der Waals surface area contributed by atoms with Gasteiger partial charge in [0.25, 0.3) is 6.43 Å². The average Bonchev–Trinajstić information content (AvgIpc) is 2.04. The summed E-state index contributed by atoms with van der Waals surface area (Å²) in [5, 5.41) is 0.0324. The van der Waals surface area contributed by atoms with E-state index in [-0.39, 0.29) is 22.8 Å². The highest BCUT2D eigenvalue weighted by atomic mass is 35.5. The summed E-state index contributed by atoms with van der Waals surface area (Å²) in [4.78, 5) is 3.79. The predicted octanol–water partition coefficient (Wildman–Crippen LogP) is 2.44. The summed E-state index contributed by atoms with van der Waals surface area (Å²) in [5.41, 5.74) is 5.78. The lowest BCUT2D eigenvalue weighted by Gasteiger charge is -2.09. The van der Waals surface area contributed by atoms with E-state index >= 15 is 0 Å². The number of nitrogens with zero attached hydrogens (tertiary/aromatic N) is 1. The van der Waals surface area contributed by atoms with Gasteiger partial charge in [0, 0.05) is 24.0 Å². The molecule has 1 heterocycles. The van der Waals surface area contributed by atoms with Crippen LogP contribution in [0.4, 0.5) is 8.78 Å². The van der Waals surface area contributed by atoms with Gasteiger partial charge in [0.05, 0.1) is 10.6 Å². The highest BCUT2D eigenvalue weighted by Gasteiger charge is 2.18. The Bertz CT molecular complexity index is 315. The Hall–Kier alpha value is -0.740. The van der Waals surface area contributed by atoms with Crippen LogP contribution in [-0.4, -0.2) is 4.98 Å². The van der Waals surface area contributed by atoms with Gasteiger partial charge in [-0.25, -0.2) is 8.78 Å². The molecule has 0 aliphatic heterocycles. The van der Waals surface area contributed by atoms with Gasteiger partial charge in [-0.2, -0.15) is 0 Å². The second-order valence-electron chi connectivity index (χ2n) is 2.60. The quantitative estimate of drug-likeness (QED) is 0.807. The van der Waals surface area contributed by atoms with Crippen molar-refractivity contribution in [3.8, 4) is 0 Å². The van der Waals surface area contributed by atoms with Crippen LogP contribution in [0.5, 0.6) is 0 Å². The molecule has 0 unspecified atom stereocenters. The molecular formula is C8H9ClF2N2. The van der Waals surface area contributed by atoms with Crippen LogP contribution >= 0.6 is 11.6 Å². The summed E-state index contributed by atoms with van der Waals surface area (Å²) in [6, 6.07) is 0. The number of alkyl halides is 2. The van der Waals surface area contributed by atoms with Crippen molar-refractivity contribution in [3.05, 3.63) is 28.0 Å². The Morgan fingerprint density at radius 3 is 2.69 bits per heavy atom. The molecule has 0 saturated heterocycles. The SMILES string of the molecule is Cc1ncc(CN)c(Cl)c1C(F)F. The first-order valence-corrected chi connectivity index (χ1v) is 4.07. The first-order chi connectivity index (χ1) is 6.07. The van der Waals surface area contributed by atoms with E-state index in [2.05, 4.69) is 4.98 Å². The van der Waals surface area contributed by atoms with E-state index in [4.69, 9.17) is 17.3 Å². The lowest BCUT2D eigenvalue weighted by Crippen LogP contribution is -2.03. The Morgan fingerprint density at radius 1 is 1.62 bits per heavy atom.